The highest BCUT2D eigenvalue weighted by molar-refractivity contribution is 5.79. The quantitative estimate of drug-likeness (QED) is 0.733. The van der Waals surface area contributed by atoms with Gasteiger partial charge in [-0.1, -0.05) is 18.2 Å². The molecule has 3 heterocycles. The van der Waals surface area contributed by atoms with Gasteiger partial charge in [0.25, 0.3) is 0 Å². The highest BCUT2D eigenvalue weighted by Crippen LogP contribution is 2.17. The van der Waals surface area contributed by atoms with Crippen LogP contribution in [0.1, 0.15) is 5.69 Å². The summed E-state index contributed by atoms with van der Waals surface area (Å²) in [6.07, 6.45) is 3.89. The van der Waals surface area contributed by atoms with Gasteiger partial charge < -0.3 is 9.80 Å². The number of anilines is 1. The Morgan fingerprint density at radius 1 is 0.920 bits per heavy atom. The second-order valence-electron chi connectivity index (χ2n) is 6.08. The van der Waals surface area contributed by atoms with Crippen LogP contribution in [0.3, 0.4) is 0 Å². The Hall–Kier alpha value is -3.02. The second-order valence-corrected chi connectivity index (χ2v) is 6.08. The average molecular weight is 333 g/mol. The van der Waals surface area contributed by atoms with Gasteiger partial charge in [0.1, 0.15) is 5.82 Å². The topological polar surface area (TPSA) is 62.2 Å². The fraction of sp³-hybridized carbons (Fsp3) is 0.263. The number of hydrogen-bond donors (Lipinski definition) is 0. The predicted octanol–water partition coefficient (Wildman–Crippen LogP) is 1.92. The van der Waals surface area contributed by atoms with Gasteiger partial charge in [0.15, 0.2) is 0 Å². The largest absolute Gasteiger partial charge is 0.352 e. The van der Waals surface area contributed by atoms with E-state index in [4.69, 9.17) is 0 Å². The van der Waals surface area contributed by atoms with Gasteiger partial charge in [-0.05, 0) is 24.3 Å². The highest BCUT2D eigenvalue weighted by Gasteiger charge is 2.22. The summed E-state index contributed by atoms with van der Waals surface area (Å²) in [6.45, 7) is 2.92. The summed E-state index contributed by atoms with van der Waals surface area (Å²) in [4.78, 5) is 29.9. The minimum Gasteiger partial charge on any atom is -0.352 e. The molecule has 4 rings (SSSR count). The van der Waals surface area contributed by atoms with Crippen LogP contribution in [0.4, 0.5) is 5.82 Å². The van der Waals surface area contributed by atoms with Crippen LogP contribution < -0.4 is 4.90 Å². The summed E-state index contributed by atoms with van der Waals surface area (Å²) in [5.74, 6) is 0.999. The normalized spacial score (nSPS) is 14.7. The van der Waals surface area contributed by atoms with Crippen molar-refractivity contribution >= 4 is 22.8 Å². The van der Waals surface area contributed by atoms with E-state index >= 15 is 0 Å². The zero-order valence-electron chi connectivity index (χ0n) is 13.9. The molecule has 1 fully saturated rings. The number of nitrogens with zero attached hydrogens (tertiary/aromatic N) is 5. The summed E-state index contributed by atoms with van der Waals surface area (Å²) in [5, 5.41) is 0. The molecular weight excluding hydrogens is 314 g/mol. The molecule has 1 aliphatic rings. The van der Waals surface area contributed by atoms with E-state index in [0.29, 0.717) is 19.5 Å². The van der Waals surface area contributed by atoms with E-state index in [-0.39, 0.29) is 5.91 Å². The highest BCUT2D eigenvalue weighted by atomic mass is 16.2. The number of carbonyl (C=O) groups is 1. The van der Waals surface area contributed by atoms with E-state index < -0.39 is 0 Å². The van der Waals surface area contributed by atoms with Crippen LogP contribution in [-0.4, -0.2) is 51.9 Å². The molecule has 0 bridgehead atoms. The van der Waals surface area contributed by atoms with Gasteiger partial charge in [-0.15, -0.1) is 0 Å². The molecule has 0 N–H and O–H groups in total. The fourth-order valence-electron chi connectivity index (χ4n) is 3.05. The smallest absolute Gasteiger partial charge is 0.228 e. The summed E-state index contributed by atoms with van der Waals surface area (Å²) in [5.41, 5.74) is 2.61. The van der Waals surface area contributed by atoms with E-state index in [1.165, 1.54) is 0 Å². The second kappa shape index (κ2) is 6.84. The Labute approximate surface area is 146 Å². The van der Waals surface area contributed by atoms with Gasteiger partial charge in [-0.3, -0.25) is 14.8 Å². The van der Waals surface area contributed by atoms with Crippen molar-refractivity contribution in [3.63, 3.8) is 0 Å². The average Bonchev–Trinajstić information content (AvgIpc) is 2.68. The lowest BCUT2D eigenvalue weighted by atomic mass is 10.2. The fourth-order valence-corrected chi connectivity index (χ4v) is 3.05. The Morgan fingerprint density at radius 3 is 2.44 bits per heavy atom. The summed E-state index contributed by atoms with van der Waals surface area (Å²) >= 11 is 0. The van der Waals surface area contributed by atoms with E-state index in [1.807, 2.05) is 53.6 Å². The van der Waals surface area contributed by atoms with Crippen LogP contribution in [0.2, 0.25) is 0 Å². The first-order valence-corrected chi connectivity index (χ1v) is 8.44. The number of rotatable bonds is 3. The maximum atomic E-state index is 12.4. The third kappa shape index (κ3) is 3.42. The molecule has 2 aromatic heterocycles. The number of benzene rings is 1. The van der Waals surface area contributed by atoms with E-state index in [2.05, 4.69) is 19.9 Å². The molecule has 0 unspecified atom stereocenters. The Balaban J connectivity index is 1.39. The number of piperazine rings is 1. The van der Waals surface area contributed by atoms with Crippen molar-refractivity contribution in [3.8, 4) is 0 Å². The molecule has 3 aromatic rings. The van der Waals surface area contributed by atoms with Crippen molar-refractivity contribution in [1.29, 1.82) is 0 Å². The summed E-state index contributed by atoms with van der Waals surface area (Å²) < 4.78 is 0. The van der Waals surface area contributed by atoms with Crippen molar-refractivity contribution in [3.05, 3.63) is 60.6 Å². The van der Waals surface area contributed by atoms with Crippen LogP contribution in [0.25, 0.3) is 11.0 Å². The molecule has 1 aromatic carbocycles. The van der Waals surface area contributed by atoms with Crippen LogP contribution in [-0.2, 0) is 11.2 Å². The maximum absolute atomic E-state index is 12.4. The number of hydrogen-bond acceptors (Lipinski definition) is 5. The lowest BCUT2D eigenvalue weighted by Gasteiger charge is -2.35. The SMILES string of the molecule is O=C(Cc1ccccn1)N1CCN(c2cnc3ccccc3n2)CC1. The molecule has 25 heavy (non-hydrogen) atoms. The number of fused-ring (bicyclic) bond motifs is 1. The van der Waals surface area contributed by atoms with Gasteiger partial charge in [-0.25, -0.2) is 4.98 Å². The van der Waals surface area contributed by atoms with Gasteiger partial charge >= 0.3 is 0 Å². The standard InChI is InChI=1S/C19H19N5O/c25-19(13-15-5-3-4-8-20-15)24-11-9-23(10-12-24)18-14-21-16-6-1-2-7-17(16)22-18/h1-8,14H,9-13H2. The van der Waals surface area contributed by atoms with E-state index in [0.717, 1.165) is 35.6 Å². The minimum atomic E-state index is 0.128. The van der Waals surface area contributed by atoms with Crippen LogP contribution in [0, 0.1) is 0 Å². The van der Waals surface area contributed by atoms with Gasteiger partial charge in [0.05, 0.1) is 23.7 Å². The molecule has 0 saturated carbocycles. The monoisotopic (exact) mass is 333 g/mol. The van der Waals surface area contributed by atoms with Crippen molar-refractivity contribution in [2.75, 3.05) is 31.1 Å². The molecule has 1 amide bonds. The summed E-state index contributed by atoms with van der Waals surface area (Å²) in [6, 6.07) is 13.5. The number of aromatic nitrogens is 3. The first kappa shape index (κ1) is 15.5. The molecule has 0 spiro atoms. The van der Waals surface area contributed by atoms with Crippen molar-refractivity contribution in [1.82, 2.24) is 19.9 Å². The molecule has 1 aliphatic heterocycles. The van der Waals surface area contributed by atoms with Crippen LogP contribution >= 0.6 is 0 Å². The Bertz CT molecular complexity index is 875. The number of pyridine rings is 1. The lowest BCUT2D eigenvalue weighted by Crippen LogP contribution is -2.49. The number of para-hydroxylation sites is 2. The van der Waals surface area contributed by atoms with Crippen LogP contribution in [0.5, 0.6) is 0 Å². The molecule has 0 aliphatic carbocycles. The predicted molar refractivity (Wildman–Crippen MR) is 96.3 cm³/mol. The molecule has 0 radical (unpaired) electrons. The third-order valence-electron chi connectivity index (χ3n) is 4.45. The van der Waals surface area contributed by atoms with Gasteiger partial charge in [-0.2, -0.15) is 0 Å². The first-order chi connectivity index (χ1) is 12.3. The number of carbonyl (C=O) groups excluding carboxylic acids is 1. The Kier molecular flexibility index (Phi) is 4.24. The molecule has 126 valence electrons. The van der Waals surface area contributed by atoms with E-state index in [9.17, 15) is 4.79 Å². The van der Waals surface area contributed by atoms with Crippen molar-refractivity contribution < 1.29 is 4.79 Å². The molecule has 6 nitrogen and oxygen atoms in total. The lowest BCUT2D eigenvalue weighted by molar-refractivity contribution is -0.130. The number of amides is 1. The zero-order chi connectivity index (χ0) is 17.1. The van der Waals surface area contributed by atoms with E-state index in [1.54, 1.807) is 6.20 Å². The first-order valence-electron chi connectivity index (χ1n) is 8.44. The molecule has 1 saturated heterocycles. The zero-order valence-corrected chi connectivity index (χ0v) is 13.9. The van der Waals surface area contributed by atoms with Gasteiger partial charge in [0.2, 0.25) is 5.91 Å². The molecule has 6 heteroatoms. The molecule has 0 atom stereocenters. The van der Waals surface area contributed by atoms with Crippen LogP contribution in [0.15, 0.2) is 54.9 Å². The van der Waals surface area contributed by atoms with Crippen molar-refractivity contribution in [2.45, 2.75) is 6.42 Å². The van der Waals surface area contributed by atoms with Crippen molar-refractivity contribution in [2.24, 2.45) is 0 Å². The minimum absolute atomic E-state index is 0.128. The van der Waals surface area contributed by atoms with Gasteiger partial charge in [0, 0.05) is 38.1 Å². The Morgan fingerprint density at radius 2 is 1.68 bits per heavy atom. The molecular formula is C19H19N5O. The third-order valence-corrected chi connectivity index (χ3v) is 4.45. The summed E-state index contributed by atoms with van der Waals surface area (Å²) in [7, 11) is 0. The maximum Gasteiger partial charge on any atom is 0.228 e.